The third-order valence-corrected chi connectivity index (χ3v) is 3.95. The summed E-state index contributed by atoms with van der Waals surface area (Å²) >= 11 is 0. The quantitative estimate of drug-likeness (QED) is 0.677. The molecule has 1 saturated carbocycles. The predicted octanol–water partition coefficient (Wildman–Crippen LogP) is 2.21. The zero-order valence-corrected chi connectivity index (χ0v) is 9.91. The average Bonchev–Trinajstić information content (AvgIpc) is 2.85. The van der Waals surface area contributed by atoms with Crippen LogP contribution in [-0.4, -0.2) is 26.3 Å². The second-order valence-corrected chi connectivity index (χ2v) is 5.01. The summed E-state index contributed by atoms with van der Waals surface area (Å²) in [6.07, 6.45) is 8.81. The van der Waals surface area contributed by atoms with Gasteiger partial charge in [0.2, 0.25) is 0 Å². The van der Waals surface area contributed by atoms with Gasteiger partial charge in [-0.3, -0.25) is 0 Å². The molecule has 1 N–H and O–H groups in total. The van der Waals surface area contributed by atoms with E-state index in [1.165, 1.54) is 19.4 Å². The Hall–Kier alpha value is -0.340. The van der Waals surface area contributed by atoms with E-state index in [4.69, 9.17) is 4.74 Å². The number of methoxy groups -OCH3 is 1. The normalized spacial score (nSPS) is 34.9. The molecule has 15 heavy (non-hydrogen) atoms. The van der Waals surface area contributed by atoms with E-state index in [9.17, 15) is 0 Å². The molecule has 2 rings (SSSR count). The molecule has 2 heteroatoms. The van der Waals surface area contributed by atoms with E-state index < -0.39 is 0 Å². The molecule has 0 spiro atoms. The Morgan fingerprint density at radius 1 is 1.40 bits per heavy atom. The molecule has 2 nitrogen and oxygen atoms in total. The van der Waals surface area contributed by atoms with E-state index >= 15 is 0 Å². The van der Waals surface area contributed by atoms with Crippen molar-refractivity contribution in [2.45, 2.75) is 32.2 Å². The van der Waals surface area contributed by atoms with Gasteiger partial charge in [-0.15, -0.1) is 0 Å². The molecule has 0 amide bonds. The molecule has 0 heterocycles. The molecule has 2 aliphatic carbocycles. The number of nitrogens with one attached hydrogen (secondary N) is 1. The summed E-state index contributed by atoms with van der Waals surface area (Å²) in [4.78, 5) is 0. The second kappa shape index (κ2) is 5.13. The van der Waals surface area contributed by atoms with Gasteiger partial charge in [0.15, 0.2) is 0 Å². The number of hydrogen-bond donors (Lipinski definition) is 1. The zero-order chi connectivity index (χ0) is 10.7. The Bertz CT molecular complexity index is 227. The topological polar surface area (TPSA) is 21.3 Å². The van der Waals surface area contributed by atoms with Gasteiger partial charge in [-0.1, -0.05) is 19.1 Å². The van der Waals surface area contributed by atoms with Gasteiger partial charge < -0.3 is 10.1 Å². The van der Waals surface area contributed by atoms with E-state index in [-0.39, 0.29) is 0 Å². The maximum atomic E-state index is 5.20. The third-order valence-electron chi connectivity index (χ3n) is 3.95. The molecule has 0 aromatic rings. The van der Waals surface area contributed by atoms with Crippen molar-refractivity contribution in [1.82, 2.24) is 5.32 Å². The summed E-state index contributed by atoms with van der Waals surface area (Å²) in [5.41, 5.74) is 0. The van der Waals surface area contributed by atoms with Gasteiger partial charge in [-0.05, 0) is 43.6 Å². The maximum Gasteiger partial charge on any atom is 0.0615 e. The molecule has 2 bridgehead atoms. The minimum Gasteiger partial charge on any atom is -0.383 e. The standard InChI is InChI=1S/C13H23NO/c1-3-13(9-15-2)14-8-12-7-10-4-5-11(12)6-10/h4-5,10-14H,3,6-9H2,1-2H3/t10-,11-,12-,13-/m0/s1. The SMILES string of the molecule is CC[C@@H](COC)NC[C@@H]1C[C@H]2C=C[C@H]1C2. The van der Waals surface area contributed by atoms with Crippen molar-refractivity contribution in [3.05, 3.63) is 12.2 Å². The minimum atomic E-state index is 0.540. The van der Waals surface area contributed by atoms with Crippen molar-refractivity contribution < 1.29 is 4.74 Å². The van der Waals surface area contributed by atoms with Gasteiger partial charge >= 0.3 is 0 Å². The minimum absolute atomic E-state index is 0.540. The van der Waals surface area contributed by atoms with E-state index in [0.29, 0.717) is 6.04 Å². The first-order valence-electron chi connectivity index (χ1n) is 6.24. The fourth-order valence-electron chi connectivity index (χ4n) is 2.97. The highest BCUT2D eigenvalue weighted by atomic mass is 16.5. The van der Waals surface area contributed by atoms with Crippen molar-refractivity contribution in [2.24, 2.45) is 17.8 Å². The van der Waals surface area contributed by atoms with Crippen LogP contribution in [0.5, 0.6) is 0 Å². The van der Waals surface area contributed by atoms with Crippen LogP contribution in [-0.2, 0) is 4.74 Å². The lowest BCUT2D eigenvalue weighted by Crippen LogP contribution is -2.37. The first kappa shape index (κ1) is 11.2. The number of hydrogen-bond acceptors (Lipinski definition) is 2. The number of fused-ring (bicyclic) bond motifs is 2. The molecule has 86 valence electrons. The molecule has 0 aromatic heterocycles. The summed E-state index contributed by atoms with van der Waals surface area (Å²) in [6, 6.07) is 0.540. The Morgan fingerprint density at radius 2 is 2.27 bits per heavy atom. The number of rotatable bonds is 6. The smallest absolute Gasteiger partial charge is 0.0615 e. The Labute approximate surface area is 93.1 Å². The molecule has 2 aliphatic rings. The van der Waals surface area contributed by atoms with Gasteiger partial charge in [0.05, 0.1) is 6.61 Å². The van der Waals surface area contributed by atoms with E-state index in [2.05, 4.69) is 24.4 Å². The van der Waals surface area contributed by atoms with Gasteiger partial charge in [0.25, 0.3) is 0 Å². The lowest BCUT2D eigenvalue weighted by molar-refractivity contribution is 0.161. The van der Waals surface area contributed by atoms with Gasteiger partial charge in [0, 0.05) is 13.2 Å². The maximum absolute atomic E-state index is 5.20. The Morgan fingerprint density at radius 3 is 2.80 bits per heavy atom. The molecular formula is C13H23NO. The monoisotopic (exact) mass is 209 g/mol. The number of ether oxygens (including phenoxy) is 1. The van der Waals surface area contributed by atoms with Crippen LogP contribution in [0, 0.1) is 17.8 Å². The largest absolute Gasteiger partial charge is 0.383 e. The summed E-state index contributed by atoms with van der Waals surface area (Å²) in [7, 11) is 1.78. The molecule has 0 saturated heterocycles. The first-order chi connectivity index (χ1) is 7.33. The molecule has 1 fully saturated rings. The van der Waals surface area contributed by atoms with Crippen molar-refractivity contribution in [3.8, 4) is 0 Å². The van der Waals surface area contributed by atoms with Crippen molar-refractivity contribution >= 4 is 0 Å². The summed E-state index contributed by atoms with van der Waals surface area (Å²) in [5.74, 6) is 2.64. The van der Waals surface area contributed by atoms with Crippen LogP contribution < -0.4 is 5.32 Å². The third kappa shape index (κ3) is 2.61. The molecule has 0 radical (unpaired) electrons. The molecule has 0 aliphatic heterocycles. The molecule has 0 unspecified atom stereocenters. The average molecular weight is 209 g/mol. The molecular weight excluding hydrogens is 186 g/mol. The highest BCUT2D eigenvalue weighted by Crippen LogP contribution is 2.42. The number of allylic oxidation sites excluding steroid dienone is 2. The first-order valence-corrected chi connectivity index (χ1v) is 6.24. The van der Waals surface area contributed by atoms with Crippen molar-refractivity contribution in [2.75, 3.05) is 20.3 Å². The van der Waals surface area contributed by atoms with Gasteiger partial charge in [-0.2, -0.15) is 0 Å². The second-order valence-electron chi connectivity index (χ2n) is 5.01. The van der Waals surface area contributed by atoms with Crippen LogP contribution in [0.4, 0.5) is 0 Å². The summed E-state index contributed by atoms with van der Waals surface area (Å²) in [5, 5.41) is 3.64. The van der Waals surface area contributed by atoms with Crippen LogP contribution in [0.3, 0.4) is 0 Å². The van der Waals surface area contributed by atoms with Crippen LogP contribution in [0.2, 0.25) is 0 Å². The van der Waals surface area contributed by atoms with E-state index in [1.54, 1.807) is 7.11 Å². The Balaban J connectivity index is 1.71. The lowest BCUT2D eigenvalue weighted by Gasteiger charge is -2.22. The van der Waals surface area contributed by atoms with Crippen molar-refractivity contribution in [3.63, 3.8) is 0 Å². The highest BCUT2D eigenvalue weighted by molar-refractivity contribution is 5.10. The van der Waals surface area contributed by atoms with Crippen LogP contribution in [0.15, 0.2) is 12.2 Å². The van der Waals surface area contributed by atoms with Gasteiger partial charge in [0.1, 0.15) is 0 Å². The summed E-state index contributed by atoms with van der Waals surface area (Å²) < 4.78 is 5.20. The van der Waals surface area contributed by atoms with Crippen LogP contribution >= 0.6 is 0 Å². The Kier molecular flexibility index (Phi) is 3.81. The fourth-order valence-corrected chi connectivity index (χ4v) is 2.97. The molecule has 0 aromatic carbocycles. The predicted molar refractivity (Wildman–Crippen MR) is 62.8 cm³/mol. The molecule has 4 atom stereocenters. The van der Waals surface area contributed by atoms with Gasteiger partial charge in [-0.25, -0.2) is 0 Å². The summed E-state index contributed by atoms with van der Waals surface area (Å²) in [6.45, 7) is 4.23. The fraction of sp³-hybridized carbons (Fsp3) is 0.846. The lowest BCUT2D eigenvalue weighted by atomic mass is 9.93. The van der Waals surface area contributed by atoms with E-state index in [1.807, 2.05) is 0 Å². The van der Waals surface area contributed by atoms with Crippen molar-refractivity contribution in [1.29, 1.82) is 0 Å². The van der Waals surface area contributed by atoms with Crippen LogP contribution in [0.1, 0.15) is 26.2 Å². The highest BCUT2D eigenvalue weighted by Gasteiger charge is 2.35. The van der Waals surface area contributed by atoms with Crippen LogP contribution in [0.25, 0.3) is 0 Å². The zero-order valence-electron chi connectivity index (χ0n) is 9.91. The van der Waals surface area contributed by atoms with E-state index in [0.717, 1.165) is 30.8 Å².